The van der Waals surface area contributed by atoms with Crippen molar-refractivity contribution < 1.29 is 9.59 Å². The molecule has 126 valence electrons. The van der Waals surface area contributed by atoms with Crippen LogP contribution >= 0.6 is 27.3 Å². The monoisotopic (exact) mass is 406 g/mol. The molecule has 0 aliphatic heterocycles. The summed E-state index contributed by atoms with van der Waals surface area (Å²) < 4.78 is 1.02. The van der Waals surface area contributed by atoms with Gasteiger partial charge in [0.15, 0.2) is 5.13 Å². The molecule has 1 N–H and O–H groups in total. The number of carbonyl (C=O) groups excluding carboxylic acids is 2. The van der Waals surface area contributed by atoms with Gasteiger partial charge >= 0.3 is 0 Å². The Balaban J connectivity index is 1.74. The average Bonchev–Trinajstić information content (AvgIpc) is 2.88. The van der Waals surface area contributed by atoms with Crippen molar-refractivity contribution >= 4 is 44.1 Å². The van der Waals surface area contributed by atoms with Crippen LogP contribution in [0.2, 0.25) is 0 Å². The van der Waals surface area contributed by atoms with Crippen molar-refractivity contribution in [3.05, 3.63) is 33.6 Å². The predicted molar refractivity (Wildman–Crippen MR) is 100 cm³/mol. The van der Waals surface area contributed by atoms with Crippen LogP contribution in [0.15, 0.2) is 28.7 Å². The molecule has 1 aromatic heterocycles. The van der Waals surface area contributed by atoms with Crippen LogP contribution in [0, 0.1) is 18.8 Å². The second-order valence-corrected chi connectivity index (χ2v) is 8.40. The summed E-state index contributed by atoms with van der Waals surface area (Å²) in [6.45, 7) is 3.98. The Morgan fingerprint density at radius 3 is 2.71 bits per heavy atom. The van der Waals surface area contributed by atoms with Crippen LogP contribution in [0.5, 0.6) is 0 Å². The molecule has 6 heteroatoms. The first kappa shape index (κ1) is 17.3. The number of ketones is 1. The number of nitrogens with one attached hydrogen (secondary N) is 1. The largest absolute Gasteiger partial charge is 0.302 e. The normalized spacial score (nSPS) is 20.9. The quantitative estimate of drug-likeness (QED) is 0.793. The molecule has 24 heavy (non-hydrogen) atoms. The fourth-order valence-electron chi connectivity index (χ4n) is 3.12. The van der Waals surface area contributed by atoms with Crippen LogP contribution in [-0.4, -0.2) is 16.7 Å². The molecule has 0 spiro atoms. The number of carbonyl (C=O) groups is 2. The van der Waals surface area contributed by atoms with Gasteiger partial charge in [0.1, 0.15) is 5.78 Å². The van der Waals surface area contributed by atoms with E-state index < -0.39 is 0 Å². The zero-order chi connectivity index (χ0) is 17.3. The highest BCUT2D eigenvalue weighted by Gasteiger charge is 2.31. The van der Waals surface area contributed by atoms with Gasteiger partial charge < -0.3 is 5.32 Å². The van der Waals surface area contributed by atoms with Crippen LogP contribution in [0.25, 0.3) is 11.3 Å². The maximum absolute atomic E-state index is 12.5. The number of rotatable bonds is 3. The van der Waals surface area contributed by atoms with Crippen molar-refractivity contribution in [2.45, 2.75) is 33.1 Å². The molecule has 1 heterocycles. The summed E-state index contributed by atoms with van der Waals surface area (Å²) in [5.41, 5.74) is 1.93. The van der Waals surface area contributed by atoms with Crippen LogP contribution in [-0.2, 0) is 9.59 Å². The van der Waals surface area contributed by atoms with Crippen molar-refractivity contribution in [2.75, 3.05) is 5.32 Å². The molecule has 1 aromatic carbocycles. The summed E-state index contributed by atoms with van der Waals surface area (Å²) in [6.07, 6.45) is 1.64. The zero-order valence-corrected chi connectivity index (χ0v) is 16.0. The lowest BCUT2D eigenvalue weighted by atomic mass is 9.79. The van der Waals surface area contributed by atoms with Crippen LogP contribution in [0.3, 0.4) is 0 Å². The van der Waals surface area contributed by atoms with Crippen molar-refractivity contribution in [1.82, 2.24) is 4.98 Å². The summed E-state index contributed by atoms with van der Waals surface area (Å²) >= 11 is 4.92. The number of thiazole rings is 1. The number of halogens is 1. The molecule has 3 rings (SSSR count). The summed E-state index contributed by atoms with van der Waals surface area (Å²) in [6, 6.07) is 7.97. The van der Waals surface area contributed by atoms with E-state index in [0.29, 0.717) is 24.4 Å². The number of aromatic nitrogens is 1. The highest BCUT2D eigenvalue weighted by molar-refractivity contribution is 9.10. The van der Waals surface area contributed by atoms with E-state index in [1.54, 1.807) is 0 Å². The molecule has 2 atom stereocenters. The van der Waals surface area contributed by atoms with Gasteiger partial charge in [-0.05, 0) is 31.4 Å². The smallest absolute Gasteiger partial charge is 0.229 e. The molecule has 1 aliphatic rings. The molecule has 1 saturated carbocycles. The number of anilines is 1. The SMILES string of the molecule is Cc1sc(NC(=O)C2CCC(=O)CC2C)nc1-c1ccc(Br)cc1. The Labute approximate surface area is 153 Å². The molecule has 0 bridgehead atoms. The molecule has 1 fully saturated rings. The fourth-order valence-corrected chi connectivity index (χ4v) is 4.22. The molecule has 1 aliphatic carbocycles. The zero-order valence-electron chi connectivity index (χ0n) is 13.6. The first-order valence-electron chi connectivity index (χ1n) is 8.00. The van der Waals surface area contributed by atoms with Crippen molar-refractivity contribution in [3.8, 4) is 11.3 Å². The third-order valence-corrected chi connectivity index (χ3v) is 5.87. The molecule has 0 radical (unpaired) electrons. The molecular weight excluding hydrogens is 388 g/mol. The Morgan fingerprint density at radius 2 is 2.04 bits per heavy atom. The van der Waals surface area contributed by atoms with Gasteiger partial charge in [-0.1, -0.05) is 35.0 Å². The first-order chi connectivity index (χ1) is 11.4. The van der Waals surface area contributed by atoms with E-state index >= 15 is 0 Å². The van der Waals surface area contributed by atoms with Crippen molar-refractivity contribution in [1.29, 1.82) is 0 Å². The molecule has 4 nitrogen and oxygen atoms in total. The van der Waals surface area contributed by atoms with Crippen LogP contribution < -0.4 is 5.32 Å². The summed E-state index contributed by atoms with van der Waals surface area (Å²) in [4.78, 5) is 29.7. The van der Waals surface area contributed by atoms with Gasteiger partial charge in [-0.15, -0.1) is 11.3 Å². The van der Waals surface area contributed by atoms with Crippen LogP contribution in [0.4, 0.5) is 5.13 Å². The van der Waals surface area contributed by atoms with Gasteiger partial charge in [0.05, 0.1) is 5.69 Å². The van der Waals surface area contributed by atoms with Gasteiger partial charge in [0.25, 0.3) is 0 Å². The van der Waals surface area contributed by atoms with Gasteiger partial charge in [-0.3, -0.25) is 9.59 Å². The number of nitrogens with zero attached hydrogens (tertiary/aromatic N) is 1. The van der Waals surface area contributed by atoms with E-state index in [9.17, 15) is 9.59 Å². The standard InChI is InChI=1S/C18H19BrN2O2S/c1-10-9-14(22)7-8-15(10)17(23)21-18-20-16(11(2)24-18)12-3-5-13(19)6-4-12/h3-6,10,15H,7-9H2,1-2H3,(H,20,21,23). The summed E-state index contributed by atoms with van der Waals surface area (Å²) in [5.74, 6) is 0.224. The summed E-state index contributed by atoms with van der Waals surface area (Å²) in [7, 11) is 0. The molecule has 2 aromatic rings. The fraction of sp³-hybridized carbons (Fsp3) is 0.389. The lowest BCUT2D eigenvalue weighted by molar-refractivity contribution is -0.127. The van der Waals surface area contributed by atoms with E-state index in [0.717, 1.165) is 20.6 Å². The van der Waals surface area contributed by atoms with Crippen molar-refractivity contribution in [2.24, 2.45) is 11.8 Å². The van der Waals surface area contributed by atoms with Gasteiger partial charge in [0.2, 0.25) is 5.91 Å². The van der Waals surface area contributed by atoms with E-state index in [1.165, 1.54) is 11.3 Å². The third kappa shape index (κ3) is 3.75. The Bertz CT molecular complexity index is 770. The van der Waals surface area contributed by atoms with Gasteiger partial charge in [0, 0.05) is 33.7 Å². The number of hydrogen-bond acceptors (Lipinski definition) is 4. The maximum atomic E-state index is 12.5. The van der Waals surface area contributed by atoms with E-state index in [-0.39, 0.29) is 23.5 Å². The highest BCUT2D eigenvalue weighted by Crippen LogP contribution is 2.33. The van der Waals surface area contributed by atoms with Gasteiger partial charge in [-0.25, -0.2) is 4.98 Å². The Hall–Kier alpha value is -1.53. The number of hydrogen-bond donors (Lipinski definition) is 1. The predicted octanol–water partition coefficient (Wildman–Crippen LogP) is 4.82. The molecule has 1 amide bonds. The Morgan fingerprint density at radius 1 is 1.33 bits per heavy atom. The lowest BCUT2D eigenvalue weighted by Crippen LogP contribution is -2.33. The van der Waals surface area contributed by atoms with E-state index in [2.05, 4.69) is 26.2 Å². The third-order valence-electron chi connectivity index (χ3n) is 4.45. The topological polar surface area (TPSA) is 59.1 Å². The molecule has 0 saturated heterocycles. The number of aryl methyl sites for hydroxylation is 1. The van der Waals surface area contributed by atoms with Gasteiger partial charge in [-0.2, -0.15) is 0 Å². The second-order valence-electron chi connectivity index (χ2n) is 6.29. The van der Waals surface area contributed by atoms with E-state index in [1.807, 2.05) is 38.1 Å². The Kier molecular flexibility index (Phi) is 5.15. The maximum Gasteiger partial charge on any atom is 0.229 e. The minimum atomic E-state index is -0.108. The van der Waals surface area contributed by atoms with Crippen molar-refractivity contribution in [3.63, 3.8) is 0 Å². The highest BCUT2D eigenvalue weighted by atomic mass is 79.9. The molecule has 2 unspecified atom stereocenters. The van der Waals surface area contributed by atoms with E-state index in [4.69, 9.17) is 0 Å². The van der Waals surface area contributed by atoms with Crippen LogP contribution in [0.1, 0.15) is 31.1 Å². The lowest BCUT2D eigenvalue weighted by Gasteiger charge is -2.26. The first-order valence-corrected chi connectivity index (χ1v) is 9.61. The second kappa shape index (κ2) is 7.15. The average molecular weight is 407 g/mol. The number of benzene rings is 1. The summed E-state index contributed by atoms with van der Waals surface area (Å²) in [5, 5.41) is 3.57. The number of amides is 1. The molecular formula is C18H19BrN2O2S. The number of Topliss-reactive ketones (excluding diaryl/α,β-unsaturated/α-hetero) is 1. The minimum absolute atomic E-state index is 0.0221. The minimum Gasteiger partial charge on any atom is -0.302 e.